The Balaban J connectivity index is 1.99. The van der Waals surface area contributed by atoms with Crippen molar-refractivity contribution in [3.63, 3.8) is 0 Å². The minimum Gasteiger partial charge on any atom is -0.455 e. The van der Waals surface area contributed by atoms with Crippen molar-refractivity contribution in [2.24, 2.45) is 0 Å². The highest BCUT2D eigenvalue weighted by Gasteiger charge is 2.23. The van der Waals surface area contributed by atoms with E-state index < -0.39 is 5.60 Å². The fourth-order valence-corrected chi connectivity index (χ4v) is 3.62. The van der Waals surface area contributed by atoms with Gasteiger partial charge >= 0.3 is 5.97 Å². The molecule has 128 valence electrons. The maximum Gasteiger partial charge on any atom is 0.355 e. The highest BCUT2D eigenvalue weighted by molar-refractivity contribution is 6.15. The molecule has 2 N–H and O–H groups in total. The number of aryl methyl sites for hydroxylation is 2. The molecule has 0 aliphatic carbocycles. The van der Waals surface area contributed by atoms with Crippen LogP contribution in [0.1, 0.15) is 42.4 Å². The van der Waals surface area contributed by atoms with E-state index in [1.165, 1.54) is 5.39 Å². The fraction of sp³-hybridized carbons (Fsp3) is 0.286. The second kappa shape index (κ2) is 5.12. The van der Waals surface area contributed by atoms with E-state index in [-0.39, 0.29) is 5.97 Å². The van der Waals surface area contributed by atoms with Crippen molar-refractivity contribution in [2.75, 3.05) is 0 Å². The first-order valence-corrected chi connectivity index (χ1v) is 8.52. The summed E-state index contributed by atoms with van der Waals surface area (Å²) in [6.07, 6.45) is 0. The van der Waals surface area contributed by atoms with Gasteiger partial charge in [-0.2, -0.15) is 0 Å². The van der Waals surface area contributed by atoms with Crippen LogP contribution < -0.4 is 0 Å². The van der Waals surface area contributed by atoms with E-state index in [0.29, 0.717) is 5.69 Å². The van der Waals surface area contributed by atoms with Gasteiger partial charge in [0.1, 0.15) is 11.3 Å². The van der Waals surface area contributed by atoms with E-state index in [9.17, 15) is 4.79 Å². The molecule has 4 rings (SSSR count). The van der Waals surface area contributed by atoms with Gasteiger partial charge in [-0.25, -0.2) is 4.79 Å². The average Bonchev–Trinajstić information content (AvgIpc) is 3.05. The van der Waals surface area contributed by atoms with Crippen LogP contribution in [0.4, 0.5) is 0 Å². The van der Waals surface area contributed by atoms with Crippen LogP contribution in [0.25, 0.3) is 32.7 Å². The number of carbonyl (C=O) groups is 1. The van der Waals surface area contributed by atoms with Gasteiger partial charge < -0.3 is 14.7 Å². The summed E-state index contributed by atoms with van der Waals surface area (Å²) in [4.78, 5) is 19.3. The molecule has 4 heteroatoms. The van der Waals surface area contributed by atoms with Crippen molar-refractivity contribution in [3.8, 4) is 0 Å². The molecule has 0 amide bonds. The minimum atomic E-state index is -0.516. The van der Waals surface area contributed by atoms with Gasteiger partial charge in [0.25, 0.3) is 0 Å². The summed E-state index contributed by atoms with van der Waals surface area (Å²) in [6, 6.07) is 10.4. The number of hydrogen-bond acceptors (Lipinski definition) is 2. The highest BCUT2D eigenvalue weighted by atomic mass is 16.6. The van der Waals surface area contributed by atoms with Gasteiger partial charge in [0.2, 0.25) is 0 Å². The summed E-state index contributed by atoms with van der Waals surface area (Å²) in [5.41, 5.74) is 5.30. The van der Waals surface area contributed by atoms with E-state index >= 15 is 0 Å². The first kappa shape index (κ1) is 15.8. The van der Waals surface area contributed by atoms with E-state index in [4.69, 9.17) is 4.74 Å². The Hall–Kier alpha value is -2.75. The van der Waals surface area contributed by atoms with E-state index in [0.717, 1.165) is 38.4 Å². The Bertz CT molecular complexity index is 1140. The lowest BCUT2D eigenvalue weighted by molar-refractivity contribution is 0.00631. The van der Waals surface area contributed by atoms with Crippen LogP contribution >= 0.6 is 0 Å². The molecule has 0 atom stereocenters. The summed E-state index contributed by atoms with van der Waals surface area (Å²) in [6.45, 7) is 9.70. The SMILES string of the molecule is Cc1c(C(=O)OC(C)(C)C)[nH]c2cc3c([nH]c4ccccc43)c(C)c12. The topological polar surface area (TPSA) is 57.9 Å². The van der Waals surface area contributed by atoms with E-state index in [1.54, 1.807) is 0 Å². The normalized spacial score (nSPS) is 12.4. The molecule has 0 radical (unpaired) electrons. The number of aromatic amines is 2. The molecule has 4 nitrogen and oxygen atoms in total. The van der Waals surface area contributed by atoms with Gasteiger partial charge in [0.15, 0.2) is 0 Å². The number of esters is 1. The monoisotopic (exact) mass is 334 g/mol. The molecule has 0 aliphatic rings. The van der Waals surface area contributed by atoms with Crippen LogP contribution in [-0.4, -0.2) is 21.5 Å². The Morgan fingerprint density at radius 3 is 2.40 bits per heavy atom. The Morgan fingerprint density at radius 1 is 0.960 bits per heavy atom. The van der Waals surface area contributed by atoms with Crippen molar-refractivity contribution < 1.29 is 9.53 Å². The Kier molecular flexibility index (Phi) is 3.23. The molecule has 25 heavy (non-hydrogen) atoms. The molecule has 0 aliphatic heterocycles. The molecule has 0 unspecified atom stereocenters. The lowest BCUT2D eigenvalue weighted by atomic mass is 10.0. The van der Waals surface area contributed by atoms with Gasteiger partial charge in [0.05, 0.1) is 5.52 Å². The zero-order chi connectivity index (χ0) is 17.9. The molecule has 0 spiro atoms. The van der Waals surface area contributed by atoms with Crippen LogP contribution in [0.2, 0.25) is 0 Å². The molecule has 2 aromatic carbocycles. The van der Waals surface area contributed by atoms with Crippen LogP contribution in [0, 0.1) is 13.8 Å². The van der Waals surface area contributed by atoms with Crippen LogP contribution in [-0.2, 0) is 4.74 Å². The predicted octanol–water partition coefficient (Wildman–Crippen LogP) is 5.37. The molecule has 0 saturated heterocycles. The summed E-state index contributed by atoms with van der Waals surface area (Å²) in [5.74, 6) is -0.311. The van der Waals surface area contributed by atoms with Gasteiger partial charge in [-0.05, 0) is 57.9 Å². The number of hydrogen-bond donors (Lipinski definition) is 2. The highest BCUT2D eigenvalue weighted by Crippen LogP contribution is 2.35. The first-order valence-electron chi connectivity index (χ1n) is 8.52. The number of carbonyl (C=O) groups excluding carboxylic acids is 1. The zero-order valence-electron chi connectivity index (χ0n) is 15.2. The van der Waals surface area contributed by atoms with Crippen molar-refractivity contribution in [1.82, 2.24) is 9.97 Å². The number of fused-ring (bicyclic) bond motifs is 4. The molecule has 2 aromatic heterocycles. The number of benzene rings is 2. The molecule has 0 bridgehead atoms. The standard InChI is InChI=1S/C21H22N2O2/c1-11-17-12(2)19(20(24)25-21(3,4)5)23-16(17)10-14-13-8-6-7-9-15(13)22-18(11)14/h6-10,22-23H,1-5H3. The lowest BCUT2D eigenvalue weighted by Crippen LogP contribution is -2.24. The van der Waals surface area contributed by atoms with Crippen molar-refractivity contribution in [2.45, 2.75) is 40.2 Å². The lowest BCUT2D eigenvalue weighted by Gasteiger charge is -2.19. The average molecular weight is 334 g/mol. The number of H-pyrrole nitrogens is 2. The zero-order valence-corrected chi connectivity index (χ0v) is 15.2. The third kappa shape index (κ3) is 2.40. The Labute approximate surface area is 146 Å². The minimum absolute atomic E-state index is 0.311. The maximum atomic E-state index is 12.5. The number of rotatable bonds is 1. The molecule has 4 aromatic rings. The molecular weight excluding hydrogens is 312 g/mol. The van der Waals surface area contributed by atoms with E-state index in [2.05, 4.69) is 35.1 Å². The number of nitrogens with one attached hydrogen (secondary N) is 2. The largest absolute Gasteiger partial charge is 0.455 e. The summed E-state index contributed by atoms with van der Waals surface area (Å²) in [7, 11) is 0. The van der Waals surface area contributed by atoms with Crippen molar-refractivity contribution >= 4 is 38.7 Å². The third-order valence-electron chi connectivity index (χ3n) is 4.67. The van der Waals surface area contributed by atoms with Gasteiger partial charge in [-0.1, -0.05) is 18.2 Å². The van der Waals surface area contributed by atoms with Crippen molar-refractivity contribution in [3.05, 3.63) is 47.2 Å². The van der Waals surface area contributed by atoms with Gasteiger partial charge in [0, 0.05) is 27.2 Å². The first-order chi connectivity index (χ1) is 11.8. The van der Waals surface area contributed by atoms with Crippen LogP contribution in [0.3, 0.4) is 0 Å². The molecule has 0 saturated carbocycles. The van der Waals surface area contributed by atoms with Gasteiger partial charge in [-0.15, -0.1) is 0 Å². The third-order valence-corrected chi connectivity index (χ3v) is 4.67. The molecule has 0 fully saturated rings. The second-order valence-electron chi connectivity index (χ2n) is 7.64. The molecule has 2 heterocycles. The quantitative estimate of drug-likeness (QED) is 0.459. The number of ether oxygens (including phenoxy) is 1. The van der Waals surface area contributed by atoms with Crippen LogP contribution in [0.15, 0.2) is 30.3 Å². The second-order valence-corrected chi connectivity index (χ2v) is 7.64. The van der Waals surface area contributed by atoms with Crippen molar-refractivity contribution in [1.29, 1.82) is 0 Å². The summed E-state index contributed by atoms with van der Waals surface area (Å²) < 4.78 is 5.55. The van der Waals surface area contributed by atoms with E-state index in [1.807, 2.05) is 39.8 Å². The maximum absolute atomic E-state index is 12.5. The summed E-state index contributed by atoms with van der Waals surface area (Å²) >= 11 is 0. The van der Waals surface area contributed by atoms with Crippen LogP contribution in [0.5, 0.6) is 0 Å². The summed E-state index contributed by atoms with van der Waals surface area (Å²) in [5, 5.41) is 3.44. The smallest absolute Gasteiger partial charge is 0.355 e. The molecular formula is C21H22N2O2. The Morgan fingerprint density at radius 2 is 1.68 bits per heavy atom. The fourth-order valence-electron chi connectivity index (χ4n) is 3.62. The van der Waals surface area contributed by atoms with Gasteiger partial charge in [-0.3, -0.25) is 0 Å². The predicted molar refractivity (Wildman–Crippen MR) is 102 cm³/mol. The number of para-hydroxylation sites is 1. The number of aromatic nitrogens is 2.